The van der Waals surface area contributed by atoms with Crippen LogP contribution >= 0.6 is 11.6 Å². The lowest BCUT2D eigenvalue weighted by atomic mass is 9.99. The molecule has 2 rings (SSSR count). The van der Waals surface area contributed by atoms with Gasteiger partial charge in [0.15, 0.2) is 0 Å². The van der Waals surface area contributed by atoms with Crippen molar-refractivity contribution in [1.29, 1.82) is 0 Å². The number of hydrogen-bond donors (Lipinski definition) is 1. The molecule has 7 heteroatoms. The van der Waals surface area contributed by atoms with Gasteiger partial charge >= 0.3 is 6.18 Å². The van der Waals surface area contributed by atoms with Gasteiger partial charge < -0.3 is 10.2 Å². The summed E-state index contributed by atoms with van der Waals surface area (Å²) in [6, 6.07) is 3.96. The average molecular weight is 363 g/mol. The number of hydrogen-bond acceptors (Lipinski definition) is 2. The van der Waals surface area contributed by atoms with Gasteiger partial charge in [-0.15, -0.1) is 0 Å². The van der Waals surface area contributed by atoms with Gasteiger partial charge in [0.25, 0.3) is 0 Å². The molecule has 1 aromatic rings. The number of likely N-dealkylation sites (tertiary alicyclic amines) is 1. The zero-order valence-electron chi connectivity index (χ0n) is 13.6. The Morgan fingerprint density at radius 2 is 2.12 bits per heavy atom. The number of benzene rings is 1. The van der Waals surface area contributed by atoms with Crippen LogP contribution in [0.25, 0.3) is 0 Å². The van der Waals surface area contributed by atoms with Crippen LogP contribution in [0.1, 0.15) is 44.6 Å². The lowest BCUT2D eigenvalue weighted by molar-refractivity contribution is -0.137. The second-order valence-electron chi connectivity index (χ2n) is 6.01. The van der Waals surface area contributed by atoms with Gasteiger partial charge in [0.2, 0.25) is 5.91 Å². The summed E-state index contributed by atoms with van der Waals surface area (Å²) in [5, 5.41) is 2.55. The molecule has 1 aliphatic heterocycles. The van der Waals surface area contributed by atoms with E-state index >= 15 is 0 Å². The maximum Gasteiger partial charge on any atom is 0.417 e. The van der Waals surface area contributed by atoms with Crippen molar-refractivity contribution >= 4 is 23.2 Å². The summed E-state index contributed by atoms with van der Waals surface area (Å²) in [7, 11) is 0. The Labute approximate surface area is 145 Å². The second kappa shape index (κ2) is 8.10. The summed E-state index contributed by atoms with van der Waals surface area (Å²) in [6.07, 6.45) is -0.104. The molecule has 1 saturated heterocycles. The Kier molecular flexibility index (Phi) is 6.38. The topological polar surface area (TPSA) is 32.3 Å². The standard InChI is InChI=1S/C17H22ClF3N2O/c1-2-13-5-3-4-10-23(13)16(24)8-9-22-12-6-7-15(18)14(11-12)17(19,20)21/h6-7,11,13,22H,2-5,8-10H2,1H3. The number of rotatable bonds is 5. The largest absolute Gasteiger partial charge is 0.417 e. The van der Waals surface area contributed by atoms with Gasteiger partial charge in [-0.25, -0.2) is 0 Å². The molecule has 1 atom stereocenters. The van der Waals surface area contributed by atoms with Crippen molar-refractivity contribution in [2.24, 2.45) is 0 Å². The van der Waals surface area contributed by atoms with Crippen molar-refractivity contribution in [3.05, 3.63) is 28.8 Å². The fourth-order valence-electron chi connectivity index (χ4n) is 3.06. The van der Waals surface area contributed by atoms with Crippen LogP contribution in [0.4, 0.5) is 18.9 Å². The van der Waals surface area contributed by atoms with Crippen LogP contribution in [0.3, 0.4) is 0 Å². The first kappa shape index (κ1) is 18.9. The summed E-state index contributed by atoms with van der Waals surface area (Å²) in [6.45, 7) is 3.14. The number of alkyl halides is 3. The molecular weight excluding hydrogens is 341 g/mol. The van der Waals surface area contributed by atoms with E-state index in [1.807, 2.05) is 4.90 Å². The molecule has 0 radical (unpaired) electrons. The van der Waals surface area contributed by atoms with Gasteiger partial charge in [0, 0.05) is 31.2 Å². The Hall–Kier alpha value is -1.43. The lowest BCUT2D eigenvalue weighted by Gasteiger charge is -2.35. The molecule has 1 unspecified atom stereocenters. The molecule has 1 N–H and O–H groups in total. The van der Waals surface area contributed by atoms with Gasteiger partial charge in [-0.3, -0.25) is 4.79 Å². The molecule has 134 valence electrons. The zero-order chi connectivity index (χ0) is 17.7. The van der Waals surface area contributed by atoms with Gasteiger partial charge in [-0.05, 0) is 43.9 Å². The van der Waals surface area contributed by atoms with Gasteiger partial charge in [0.1, 0.15) is 0 Å². The van der Waals surface area contributed by atoms with E-state index in [1.165, 1.54) is 12.1 Å². The van der Waals surface area contributed by atoms with E-state index in [4.69, 9.17) is 11.6 Å². The van der Waals surface area contributed by atoms with Gasteiger partial charge in [0.05, 0.1) is 10.6 Å². The Morgan fingerprint density at radius 3 is 2.79 bits per heavy atom. The van der Waals surface area contributed by atoms with E-state index in [1.54, 1.807) is 0 Å². The predicted molar refractivity (Wildman–Crippen MR) is 89.2 cm³/mol. The van der Waals surface area contributed by atoms with Crippen molar-refractivity contribution in [1.82, 2.24) is 4.90 Å². The summed E-state index contributed by atoms with van der Waals surface area (Å²) in [5.74, 6) is 0.0547. The third-order valence-electron chi connectivity index (χ3n) is 4.36. The van der Waals surface area contributed by atoms with Crippen molar-refractivity contribution < 1.29 is 18.0 Å². The first-order chi connectivity index (χ1) is 11.3. The maximum atomic E-state index is 12.8. The minimum atomic E-state index is -4.49. The Morgan fingerprint density at radius 1 is 1.38 bits per heavy atom. The highest BCUT2D eigenvalue weighted by molar-refractivity contribution is 6.31. The Bertz CT molecular complexity index is 577. The summed E-state index contributed by atoms with van der Waals surface area (Å²) in [5.41, 5.74) is -0.562. The van der Waals surface area contributed by atoms with Crippen LogP contribution in [0.15, 0.2) is 18.2 Å². The van der Waals surface area contributed by atoms with Crippen molar-refractivity contribution in [2.75, 3.05) is 18.4 Å². The first-order valence-corrected chi connectivity index (χ1v) is 8.60. The molecule has 0 aromatic heterocycles. The van der Waals surface area contributed by atoms with Crippen LogP contribution in [-0.2, 0) is 11.0 Å². The van der Waals surface area contributed by atoms with Crippen LogP contribution in [0.2, 0.25) is 5.02 Å². The molecule has 0 saturated carbocycles. The third-order valence-corrected chi connectivity index (χ3v) is 4.69. The number of nitrogens with one attached hydrogen (secondary N) is 1. The van der Waals surface area contributed by atoms with Crippen molar-refractivity contribution in [3.63, 3.8) is 0 Å². The van der Waals surface area contributed by atoms with Crippen LogP contribution in [-0.4, -0.2) is 29.9 Å². The highest BCUT2D eigenvalue weighted by Gasteiger charge is 2.33. The van der Waals surface area contributed by atoms with Gasteiger partial charge in [-0.2, -0.15) is 13.2 Å². The molecule has 0 spiro atoms. The molecule has 3 nitrogen and oxygen atoms in total. The molecule has 1 aromatic carbocycles. The van der Waals surface area contributed by atoms with Crippen molar-refractivity contribution in [2.45, 2.75) is 51.2 Å². The number of halogens is 4. The number of carbonyl (C=O) groups is 1. The third kappa shape index (κ3) is 4.79. The fourth-order valence-corrected chi connectivity index (χ4v) is 3.29. The number of amides is 1. The minimum absolute atomic E-state index is 0.0547. The molecule has 0 bridgehead atoms. The molecule has 1 aliphatic rings. The predicted octanol–water partition coefficient (Wildman–Crippen LogP) is 4.95. The maximum absolute atomic E-state index is 12.8. The van der Waals surface area contributed by atoms with E-state index in [0.29, 0.717) is 18.3 Å². The highest BCUT2D eigenvalue weighted by atomic mass is 35.5. The number of nitrogens with zero attached hydrogens (tertiary/aromatic N) is 1. The second-order valence-corrected chi connectivity index (χ2v) is 6.42. The zero-order valence-corrected chi connectivity index (χ0v) is 14.4. The normalized spacial score (nSPS) is 18.5. The van der Waals surface area contributed by atoms with Crippen LogP contribution in [0.5, 0.6) is 0 Å². The SMILES string of the molecule is CCC1CCCCN1C(=O)CCNc1ccc(Cl)c(C(F)(F)F)c1. The number of carbonyl (C=O) groups excluding carboxylic acids is 1. The van der Waals surface area contributed by atoms with Crippen molar-refractivity contribution in [3.8, 4) is 0 Å². The number of piperidine rings is 1. The molecule has 1 heterocycles. The molecular formula is C17H22ClF3N2O. The number of anilines is 1. The smallest absolute Gasteiger partial charge is 0.385 e. The van der Waals surface area contributed by atoms with E-state index in [-0.39, 0.29) is 17.4 Å². The van der Waals surface area contributed by atoms with Crippen LogP contribution in [0, 0.1) is 0 Å². The lowest BCUT2D eigenvalue weighted by Crippen LogP contribution is -2.43. The van der Waals surface area contributed by atoms with E-state index in [9.17, 15) is 18.0 Å². The average Bonchev–Trinajstić information content (AvgIpc) is 2.55. The van der Waals surface area contributed by atoms with E-state index in [2.05, 4.69) is 12.2 Å². The summed E-state index contributed by atoms with van der Waals surface area (Å²) < 4.78 is 38.5. The van der Waals surface area contributed by atoms with Crippen LogP contribution < -0.4 is 5.32 Å². The molecule has 0 aliphatic carbocycles. The fraction of sp³-hybridized carbons (Fsp3) is 0.588. The molecule has 1 fully saturated rings. The minimum Gasteiger partial charge on any atom is -0.385 e. The molecule has 24 heavy (non-hydrogen) atoms. The van der Waals surface area contributed by atoms with E-state index < -0.39 is 11.7 Å². The summed E-state index contributed by atoms with van der Waals surface area (Å²) >= 11 is 5.59. The Balaban J connectivity index is 1.91. The van der Waals surface area contributed by atoms with Gasteiger partial charge in [-0.1, -0.05) is 18.5 Å². The highest BCUT2D eigenvalue weighted by Crippen LogP contribution is 2.36. The quantitative estimate of drug-likeness (QED) is 0.803. The summed E-state index contributed by atoms with van der Waals surface area (Å²) in [4.78, 5) is 14.2. The molecule has 1 amide bonds. The van der Waals surface area contributed by atoms with E-state index in [0.717, 1.165) is 38.3 Å². The monoisotopic (exact) mass is 362 g/mol. The first-order valence-electron chi connectivity index (χ1n) is 8.23.